The molecule has 0 bridgehead atoms. The van der Waals surface area contributed by atoms with Crippen LogP contribution in [0.25, 0.3) is 0 Å². The van der Waals surface area contributed by atoms with Gasteiger partial charge in [-0.15, -0.1) is 0 Å². The minimum atomic E-state index is -0.209. The van der Waals surface area contributed by atoms with E-state index in [9.17, 15) is 4.39 Å². The summed E-state index contributed by atoms with van der Waals surface area (Å²) >= 11 is 0. The second-order valence-corrected chi connectivity index (χ2v) is 4.72. The van der Waals surface area contributed by atoms with Gasteiger partial charge in [-0.3, -0.25) is 0 Å². The number of halogens is 1. The van der Waals surface area contributed by atoms with Gasteiger partial charge >= 0.3 is 0 Å². The summed E-state index contributed by atoms with van der Waals surface area (Å²) in [4.78, 5) is 0. The fraction of sp³-hybridized carbons (Fsp3) is 0.294. The second kappa shape index (κ2) is 7.06. The van der Waals surface area contributed by atoms with Crippen LogP contribution in [0.4, 0.5) is 4.39 Å². The maximum atomic E-state index is 13.4. The summed E-state index contributed by atoms with van der Waals surface area (Å²) in [7, 11) is 1.65. The van der Waals surface area contributed by atoms with Gasteiger partial charge in [-0.25, -0.2) is 4.39 Å². The molecule has 106 valence electrons. The van der Waals surface area contributed by atoms with E-state index < -0.39 is 0 Å². The molecule has 0 saturated heterocycles. The minimum absolute atomic E-state index is 0.00319. The molecular formula is C17H20FNO. The van der Waals surface area contributed by atoms with E-state index in [4.69, 9.17) is 4.74 Å². The van der Waals surface area contributed by atoms with E-state index >= 15 is 0 Å². The first-order chi connectivity index (χ1) is 9.74. The van der Waals surface area contributed by atoms with Crippen LogP contribution >= 0.6 is 0 Å². The lowest BCUT2D eigenvalue weighted by Crippen LogP contribution is -2.23. The summed E-state index contributed by atoms with van der Waals surface area (Å²) < 4.78 is 18.6. The predicted octanol–water partition coefficient (Wildman–Crippen LogP) is 3.92. The molecule has 0 aliphatic carbocycles. The molecular weight excluding hydrogens is 253 g/mol. The summed E-state index contributed by atoms with van der Waals surface area (Å²) in [5.74, 6) is 0.613. The zero-order chi connectivity index (χ0) is 14.4. The summed E-state index contributed by atoms with van der Waals surface area (Å²) in [5.41, 5.74) is 2.04. The topological polar surface area (TPSA) is 21.3 Å². The molecule has 0 amide bonds. The number of nitrogens with one attached hydrogen (secondary N) is 1. The van der Waals surface area contributed by atoms with Gasteiger partial charge in [0.25, 0.3) is 0 Å². The van der Waals surface area contributed by atoms with Crippen LogP contribution in [0.3, 0.4) is 0 Å². The number of benzene rings is 2. The lowest BCUT2D eigenvalue weighted by molar-refractivity contribution is 0.414. The Morgan fingerprint density at radius 3 is 2.45 bits per heavy atom. The van der Waals surface area contributed by atoms with Crippen LogP contribution in [0.5, 0.6) is 5.75 Å². The summed E-state index contributed by atoms with van der Waals surface area (Å²) in [6.45, 7) is 3.00. The highest BCUT2D eigenvalue weighted by molar-refractivity contribution is 5.35. The van der Waals surface area contributed by atoms with Crippen LogP contribution in [-0.4, -0.2) is 13.7 Å². The van der Waals surface area contributed by atoms with E-state index in [1.807, 2.05) is 30.3 Å². The highest BCUT2D eigenvalue weighted by atomic mass is 19.1. The van der Waals surface area contributed by atoms with Gasteiger partial charge in [-0.2, -0.15) is 0 Å². The standard InChI is InChI=1S/C17H20FNO/c1-3-11-19-17(14-5-4-6-15(18)12-14)13-7-9-16(20-2)10-8-13/h4-10,12,17,19H,3,11H2,1-2H3. The van der Waals surface area contributed by atoms with Gasteiger partial charge in [0.2, 0.25) is 0 Å². The Kier molecular flexibility index (Phi) is 5.13. The second-order valence-electron chi connectivity index (χ2n) is 4.72. The largest absolute Gasteiger partial charge is 0.497 e. The molecule has 20 heavy (non-hydrogen) atoms. The molecule has 3 heteroatoms. The molecule has 0 heterocycles. The monoisotopic (exact) mass is 273 g/mol. The lowest BCUT2D eigenvalue weighted by Gasteiger charge is -2.20. The van der Waals surface area contributed by atoms with Crippen LogP contribution < -0.4 is 10.1 Å². The van der Waals surface area contributed by atoms with Crippen LogP contribution in [0.2, 0.25) is 0 Å². The van der Waals surface area contributed by atoms with E-state index in [0.717, 1.165) is 29.8 Å². The lowest BCUT2D eigenvalue weighted by atomic mass is 9.98. The smallest absolute Gasteiger partial charge is 0.123 e. The van der Waals surface area contributed by atoms with Crippen LogP contribution in [-0.2, 0) is 0 Å². The van der Waals surface area contributed by atoms with E-state index in [1.165, 1.54) is 6.07 Å². The molecule has 0 spiro atoms. The van der Waals surface area contributed by atoms with Gasteiger partial charge < -0.3 is 10.1 Å². The van der Waals surface area contributed by atoms with Crippen molar-refractivity contribution in [3.8, 4) is 5.75 Å². The zero-order valence-electron chi connectivity index (χ0n) is 11.9. The molecule has 2 aromatic rings. The average Bonchev–Trinajstić information content (AvgIpc) is 2.48. The van der Waals surface area contributed by atoms with Crippen molar-refractivity contribution >= 4 is 0 Å². The highest BCUT2D eigenvalue weighted by Crippen LogP contribution is 2.24. The molecule has 2 rings (SSSR count). The Hall–Kier alpha value is -1.87. The van der Waals surface area contributed by atoms with Crippen LogP contribution in [0.15, 0.2) is 48.5 Å². The Balaban J connectivity index is 2.30. The first-order valence-electron chi connectivity index (χ1n) is 6.87. The van der Waals surface area contributed by atoms with Crippen LogP contribution in [0.1, 0.15) is 30.5 Å². The summed E-state index contributed by atoms with van der Waals surface area (Å²) in [5, 5.41) is 3.46. The molecule has 0 saturated carbocycles. The summed E-state index contributed by atoms with van der Waals surface area (Å²) in [6, 6.07) is 14.6. The van der Waals surface area contributed by atoms with Crippen molar-refractivity contribution in [2.75, 3.05) is 13.7 Å². The fourth-order valence-electron chi connectivity index (χ4n) is 2.20. The maximum absolute atomic E-state index is 13.4. The van der Waals surface area contributed by atoms with Crippen molar-refractivity contribution in [1.29, 1.82) is 0 Å². The molecule has 1 N–H and O–H groups in total. The Morgan fingerprint density at radius 1 is 1.10 bits per heavy atom. The number of hydrogen-bond donors (Lipinski definition) is 1. The quantitative estimate of drug-likeness (QED) is 0.861. The molecule has 0 fully saturated rings. The third-order valence-corrected chi connectivity index (χ3v) is 3.23. The van der Waals surface area contributed by atoms with Crippen LogP contribution in [0, 0.1) is 5.82 Å². The third-order valence-electron chi connectivity index (χ3n) is 3.23. The number of hydrogen-bond acceptors (Lipinski definition) is 2. The normalized spacial score (nSPS) is 12.2. The fourth-order valence-corrected chi connectivity index (χ4v) is 2.20. The Morgan fingerprint density at radius 2 is 1.85 bits per heavy atom. The van der Waals surface area contributed by atoms with Crippen molar-refractivity contribution in [3.63, 3.8) is 0 Å². The third kappa shape index (κ3) is 3.58. The molecule has 2 nitrogen and oxygen atoms in total. The van der Waals surface area contributed by atoms with E-state index in [2.05, 4.69) is 12.2 Å². The SMILES string of the molecule is CCCNC(c1ccc(OC)cc1)c1cccc(F)c1. The van der Waals surface area contributed by atoms with Crippen molar-refractivity contribution in [2.45, 2.75) is 19.4 Å². The van der Waals surface area contributed by atoms with E-state index in [1.54, 1.807) is 19.2 Å². The van der Waals surface area contributed by atoms with Gasteiger partial charge in [0.1, 0.15) is 11.6 Å². The van der Waals surface area contributed by atoms with E-state index in [0.29, 0.717) is 0 Å². The molecule has 0 radical (unpaired) electrons. The van der Waals surface area contributed by atoms with Gasteiger partial charge in [0.05, 0.1) is 13.2 Å². The molecule has 2 aromatic carbocycles. The molecule has 0 aliphatic rings. The maximum Gasteiger partial charge on any atom is 0.123 e. The van der Waals surface area contributed by atoms with E-state index in [-0.39, 0.29) is 11.9 Å². The van der Waals surface area contributed by atoms with Crippen molar-refractivity contribution in [3.05, 3.63) is 65.5 Å². The first-order valence-corrected chi connectivity index (χ1v) is 6.87. The number of rotatable bonds is 6. The minimum Gasteiger partial charge on any atom is -0.497 e. The Labute approximate surface area is 119 Å². The van der Waals surface area contributed by atoms with Gasteiger partial charge in [0, 0.05) is 0 Å². The molecule has 1 atom stereocenters. The first kappa shape index (κ1) is 14.5. The molecule has 0 aromatic heterocycles. The number of ether oxygens (including phenoxy) is 1. The summed E-state index contributed by atoms with van der Waals surface area (Å²) in [6.07, 6.45) is 1.03. The van der Waals surface area contributed by atoms with Crippen molar-refractivity contribution < 1.29 is 9.13 Å². The zero-order valence-corrected chi connectivity index (χ0v) is 11.9. The van der Waals surface area contributed by atoms with Gasteiger partial charge in [-0.05, 0) is 48.4 Å². The predicted molar refractivity (Wildman–Crippen MR) is 79.5 cm³/mol. The van der Waals surface area contributed by atoms with Gasteiger partial charge in [0.15, 0.2) is 0 Å². The highest BCUT2D eigenvalue weighted by Gasteiger charge is 2.13. The molecule has 0 aliphatic heterocycles. The Bertz CT molecular complexity index is 539. The number of methoxy groups -OCH3 is 1. The van der Waals surface area contributed by atoms with Crippen molar-refractivity contribution in [2.24, 2.45) is 0 Å². The van der Waals surface area contributed by atoms with Crippen molar-refractivity contribution in [1.82, 2.24) is 5.32 Å². The molecule has 1 unspecified atom stereocenters. The van der Waals surface area contributed by atoms with Gasteiger partial charge in [-0.1, -0.05) is 31.2 Å². The average molecular weight is 273 g/mol.